The second-order valence-electron chi connectivity index (χ2n) is 2.79. The van der Waals surface area contributed by atoms with Gasteiger partial charge in [-0.3, -0.25) is 0 Å². The Balaban J connectivity index is 2.49. The number of hydrogen-bond acceptors (Lipinski definition) is 4. The minimum atomic E-state index is -4.80. The molecule has 86 valence electrons. The third kappa shape index (κ3) is 2.35. The van der Waals surface area contributed by atoms with E-state index in [9.17, 15) is 13.2 Å². The number of halogens is 4. The molecule has 0 saturated heterocycles. The minimum Gasteiger partial charge on any atom is -0.431 e. The normalized spacial score (nSPS) is 12.1. The number of hydrogen-bond donors (Lipinski definition) is 1. The molecule has 0 spiro atoms. The topological polar surface area (TPSA) is 35.3 Å². The third-order valence-corrected chi connectivity index (χ3v) is 2.14. The van der Waals surface area contributed by atoms with Crippen molar-refractivity contribution in [3.05, 3.63) is 17.2 Å². The highest BCUT2D eigenvalue weighted by Crippen LogP contribution is 2.34. The Hall–Kier alpha value is -1.08. The van der Waals surface area contributed by atoms with E-state index in [1.54, 1.807) is 0 Å². The lowest BCUT2D eigenvalue weighted by Gasteiger charge is -2.09. The Bertz CT molecular complexity index is 540. The summed E-state index contributed by atoms with van der Waals surface area (Å²) >= 11 is 9.39. The molecule has 1 heterocycles. The molecule has 0 atom stereocenters. The highest BCUT2D eigenvalue weighted by molar-refractivity contribution is 7.80. The number of oxazole rings is 1. The fourth-order valence-electron chi connectivity index (χ4n) is 1.12. The Morgan fingerprint density at radius 3 is 2.69 bits per heavy atom. The van der Waals surface area contributed by atoms with Gasteiger partial charge in [-0.25, -0.2) is 4.98 Å². The first kappa shape index (κ1) is 11.4. The number of benzene rings is 1. The van der Waals surface area contributed by atoms with Crippen molar-refractivity contribution in [2.24, 2.45) is 0 Å². The first-order valence-electron chi connectivity index (χ1n) is 3.90. The second kappa shape index (κ2) is 3.74. The predicted molar refractivity (Wildman–Crippen MR) is 53.0 cm³/mol. The summed E-state index contributed by atoms with van der Waals surface area (Å²) in [6.45, 7) is 0. The van der Waals surface area contributed by atoms with E-state index in [2.05, 4.69) is 22.3 Å². The van der Waals surface area contributed by atoms with E-state index in [0.29, 0.717) is 0 Å². The standard InChI is InChI=1S/C8H3ClF3NO2S/c9-3-1-6-4(13-7(16)14-6)2-5(3)15-8(10,11)12/h1-2H,(H,13,16). The van der Waals surface area contributed by atoms with Gasteiger partial charge in [0.15, 0.2) is 11.3 Å². The van der Waals surface area contributed by atoms with Crippen LogP contribution in [-0.4, -0.2) is 11.3 Å². The summed E-state index contributed by atoms with van der Waals surface area (Å²) in [5.74, 6) is -0.525. The summed E-state index contributed by atoms with van der Waals surface area (Å²) in [6.07, 6.45) is -4.80. The molecule has 1 aromatic heterocycles. The van der Waals surface area contributed by atoms with E-state index in [1.807, 2.05) is 0 Å². The fourth-order valence-corrected chi connectivity index (χ4v) is 1.52. The number of alkyl halides is 3. The molecule has 0 amide bonds. The van der Waals surface area contributed by atoms with Gasteiger partial charge in [0.2, 0.25) is 0 Å². The number of rotatable bonds is 1. The van der Waals surface area contributed by atoms with Crippen molar-refractivity contribution in [2.45, 2.75) is 11.6 Å². The molecule has 3 nitrogen and oxygen atoms in total. The van der Waals surface area contributed by atoms with Gasteiger partial charge in [0.05, 0.1) is 5.02 Å². The molecule has 1 aromatic carbocycles. The van der Waals surface area contributed by atoms with Gasteiger partial charge in [-0.05, 0) is 0 Å². The molecule has 16 heavy (non-hydrogen) atoms. The highest BCUT2D eigenvalue weighted by Gasteiger charge is 2.32. The van der Waals surface area contributed by atoms with Gasteiger partial charge in [-0.1, -0.05) is 24.2 Å². The van der Waals surface area contributed by atoms with E-state index in [0.717, 1.165) is 6.07 Å². The van der Waals surface area contributed by atoms with E-state index in [1.165, 1.54) is 6.07 Å². The summed E-state index contributed by atoms with van der Waals surface area (Å²) < 4.78 is 44.6. The summed E-state index contributed by atoms with van der Waals surface area (Å²) in [6, 6.07) is 2.22. The molecule has 2 rings (SSSR count). The lowest BCUT2D eigenvalue weighted by atomic mass is 10.3. The minimum absolute atomic E-state index is 0.0372. The van der Waals surface area contributed by atoms with Gasteiger partial charge >= 0.3 is 6.36 Å². The van der Waals surface area contributed by atoms with Crippen LogP contribution in [0.3, 0.4) is 0 Å². The van der Waals surface area contributed by atoms with Crippen LogP contribution in [0.1, 0.15) is 0 Å². The first-order chi connectivity index (χ1) is 7.35. The van der Waals surface area contributed by atoms with Crippen molar-refractivity contribution in [2.75, 3.05) is 0 Å². The van der Waals surface area contributed by atoms with Gasteiger partial charge < -0.3 is 9.15 Å². The van der Waals surface area contributed by atoms with Crippen molar-refractivity contribution < 1.29 is 22.3 Å². The van der Waals surface area contributed by atoms with Crippen molar-refractivity contribution in [1.29, 1.82) is 0 Å². The Morgan fingerprint density at radius 2 is 2.06 bits per heavy atom. The Labute approximate surface area is 97.6 Å². The van der Waals surface area contributed by atoms with Crippen LogP contribution < -0.4 is 4.74 Å². The molecule has 0 fully saturated rings. The zero-order valence-electron chi connectivity index (χ0n) is 7.38. The van der Waals surface area contributed by atoms with Crippen molar-refractivity contribution in [3.63, 3.8) is 0 Å². The predicted octanol–water partition coefficient (Wildman–Crippen LogP) is 3.67. The molecule has 0 aliphatic heterocycles. The monoisotopic (exact) mass is 269 g/mol. The van der Waals surface area contributed by atoms with E-state index in [-0.39, 0.29) is 21.3 Å². The SMILES string of the molecule is FC(F)(F)Oc1cc2nc(S)oc2cc1Cl. The third-order valence-electron chi connectivity index (χ3n) is 1.66. The van der Waals surface area contributed by atoms with E-state index < -0.39 is 12.1 Å². The van der Waals surface area contributed by atoms with Crippen LogP contribution in [0.4, 0.5) is 13.2 Å². The van der Waals surface area contributed by atoms with Gasteiger partial charge in [-0.15, -0.1) is 13.2 Å². The van der Waals surface area contributed by atoms with Crippen LogP contribution in [0, 0.1) is 0 Å². The van der Waals surface area contributed by atoms with Crippen molar-refractivity contribution in [1.82, 2.24) is 4.98 Å². The quantitative estimate of drug-likeness (QED) is 0.802. The maximum atomic E-state index is 12.0. The summed E-state index contributed by atoms with van der Waals surface area (Å²) in [4.78, 5) is 3.74. The van der Waals surface area contributed by atoms with Crippen LogP contribution in [-0.2, 0) is 0 Å². The van der Waals surface area contributed by atoms with E-state index >= 15 is 0 Å². The van der Waals surface area contributed by atoms with Crippen LogP contribution in [0.5, 0.6) is 5.75 Å². The summed E-state index contributed by atoms with van der Waals surface area (Å²) in [5, 5.41) is -0.176. The first-order valence-corrected chi connectivity index (χ1v) is 4.72. The largest absolute Gasteiger partial charge is 0.573 e. The number of ether oxygens (including phenoxy) is 1. The van der Waals surface area contributed by atoms with Crippen LogP contribution in [0.25, 0.3) is 11.1 Å². The zero-order chi connectivity index (χ0) is 11.9. The maximum Gasteiger partial charge on any atom is 0.573 e. The second-order valence-corrected chi connectivity index (χ2v) is 3.58. The van der Waals surface area contributed by atoms with Crippen LogP contribution in [0.2, 0.25) is 5.02 Å². The average Bonchev–Trinajstić information content (AvgIpc) is 2.42. The molecular weight excluding hydrogens is 267 g/mol. The number of nitrogens with zero attached hydrogens (tertiary/aromatic N) is 1. The average molecular weight is 270 g/mol. The summed E-state index contributed by atoms with van der Waals surface area (Å²) in [7, 11) is 0. The molecule has 0 bridgehead atoms. The van der Waals surface area contributed by atoms with Gasteiger partial charge in [0.25, 0.3) is 5.22 Å². The molecule has 2 aromatic rings. The molecule has 0 N–H and O–H groups in total. The Morgan fingerprint density at radius 1 is 1.38 bits per heavy atom. The molecule has 0 saturated carbocycles. The number of thiol groups is 1. The van der Waals surface area contributed by atoms with Crippen LogP contribution >= 0.6 is 24.2 Å². The lowest BCUT2D eigenvalue weighted by molar-refractivity contribution is -0.274. The maximum absolute atomic E-state index is 12.0. The van der Waals surface area contributed by atoms with Gasteiger partial charge in [0, 0.05) is 12.1 Å². The van der Waals surface area contributed by atoms with Gasteiger partial charge in [-0.2, -0.15) is 0 Å². The van der Waals surface area contributed by atoms with E-state index in [4.69, 9.17) is 16.0 Å². The molecule has 0 radical (unpaired) electrons. The van der Waals surface area contributed by atoms with Gasteiger partial charge in [0.1, 0.15) is 5.52 Å². The molecule has 8 heteroatoms. The number of aromatic nitrogens is 1. The Kier molecular flexibility index (Phi) is 2.67. The fraction of sp³-hybridized carbons (Fsp3) is 0.125. The summed E-state index contributed by atoms with van der Waals surface area (Å²) in [5.41, 5.74) is 0.429. The molecule has 0 unspecified atom stereocenters. The molecule has 0 aliphatic rings. The smallest absolute Gasteiger partial charge is 0.431 e. The van der Waals surface area contributed by atoms with Crippen LogP contribution in [0.15, 0.2) is 21.8 Å². The van der Waals surface area contributed by atoms with Crippen molar-refractivity contribution >= 4 is 35.3 Å². The number of fused-ring (bicyclic) bond motifs is 1. The molecule has 0 aliphatic carbocycles. The van der Waals surface area contributed by atoms with Crippen molar-refractivity contribution in [3.8, 4) is 5.75 Å². The zero-order valence-corrected chi connectivity index (χ0v) is 9.03. The molecular formula is C8H3ClF3NO2S. The highest BCUT2D eigenvalue weighted by atomic mass is 35.5. The lowest BCUT2D eigenvalue weighted by Crippen LogP contribution is -2.17.